The number of carbonyl (C=O) groups excluding carboxylic acids is 1. The lowest BCUT2D eigenvalue weighted by Gasteiger charge is -2.29. The van der Waals surface area contributed by atoms with Crippen LogP contribution in [0.3, 0.4) is 0 Å². The first-order valence-electron chi connectivity index (χ1n) is 9.36. The molecule has 0 atom stereocenters. The molecule has 0 N–H and O–H groups in total. The Hall–Kier alpha value is -3.12. The second-order valence-corrected chi connectivity index (χ2v) is 6.89. The molecule has 0 aliphatic carbocycles. The number of para-hydroxylation sites is 1. The number of hydrogen-bond donors (Lipinski definition) is 0. The molecular weight excluding hydrogens is 354 g/mol. The molecule has 1 aliphatic rings. The van der Waals surface area contributed by atoms with E-state index in [-0.39, 0.29) is 0 Å². The highest BCUT2D eigenvalue weighted by atomic mass is 16.7. The van der Waals surface area contributed by atoms with Crippen molar-refractivity contribution in [1.29, 1.82) is 0 Å². The van der Waals surface area contributed by atoms with Crippen molar-refractivity contribution in [3.05, 3.63) is 65.2 Å². The molecule has 1 aromatic heterocycles. The summed E-state index contributed by atoms with van der Waals surface area (Å²) in [6.07, 6.45) is 1.64. The van der Waals surface area contributed by atoms with Gasteiger partial charge in [-0.05, 0) is 25.1 Å². The number of carbonyl (C=O) groups is 1. The highest BCUT2D eigenvalue weighted by molar-refractivity contribution is 6.05. The number of rotatable bonds is 4. The number of aromatic nitrogens is 1. The van der Waals surface area contributed by atoms with E-state index in [4.69, 9.17) is 9.57 Å². The molecule has 2 heterocycles. The van der Waals surface area contributed by atoms with Crippen LogP contribution in [0.25, 0.3) is 10.9 Å². The molecule has 2 aromatic carbocycles. The van der Waals surface area contributed by atoms with Gasteiger partial charge in [0.05, 0.1) is 30.5 Å². The van der Waals surface area contributed by atoms with Crippen LogP contribution >= 0.6 is 0 Å². The molecule has 0 unspecified atom stereocenters. The van der Waals surface area contributed by atoms with Crippen LogP contribution in [0, 0.1) is 6.92 Å². The van der Waals surface area contributed by atoms with E-state index in [0.29, 0.717) is 18.8 Å². The summed E-state index contributed by atoms with van der Waals surface area (Å²) in [6, 6.07) is 15.4. The summed E-state index contributed by atoms with van der Waals surface area (Å²) in [6.45, 7) is 4.99. The van der Waals surface area contributed by atoms with Crippen LogP contribution in [0.4, 0.5) is 5.82 Å². The number of aryl methyl sites for hydroxylation is 2. The Bertz CT molecular complexity index is 1020. The van der Waals surface area contributed by atoms with E-state index in [0.717, 1.165) is 40.9 Å². The molecule has 144 valence electrons. The van der Waals surface area contributed by atoms with Crippen LogP contribution < -0.4 is 4.90 Å². The summed E-state index contributed by atoms with van der Waals surface area (Å²) in [5.41, 5.74) is 3.62. The maximum Gasteiger partial charge on any atom is 0.365 e. The van der Waals surface area contributed by atoms with Gasteiger partial charge in [-0.3, -0.25) is 0 Å². The fourth-order valence-corrected chi connectivity index (χ4v) is 3.56. The summed E-state index contributed by atoms with van der Waals surface area (Å²) >= 11 is 0. The van der Waals surface area contributed by atoms with E-state index in [1.807, 2.05) is 38.2 Å². The van der Waals surface area contributed by atoms with Gasteiger partial charge in [0.2, 0.25) is 0 Å². The van der Waals surface area contributed by atoms with Crippen LogP contribution in [0.2, 0.25) is 0 Å². The minimum Gasteiger partial charge on any atom is -0.378 e. The van der Waals surface area contributed by atoms with Crippen molar-refractivity contribution in [3.63, 3.8) is 0 Å². The van der Waals surface area contributed by atoms with E-state index in [2.05, 4.69) is 26.8 Å². The average molecular weight is 377 g/mol. The maximum atomic E-state index is 12.2. The van der Waals surface area contributed by atoms with Crippen LogP contribution in [0.1, 0.15) is 21.5 Å². The molecule has 4 rings (SSSR count). The lowest BCUT2D eigenvalue weighted by Crippen LogP contribution is -2.37. The van der Waals surface area contributed by atoms with Crippen molar-refractivity contribution in [1.82, 2.24) is 4.57 Å². The highest BCUT2D eigenvalue weighted by Crippen LogP contribution is 2.31. The molecule has 1 fully saturated rings. The zero-order valence-electron chi connectivity index (χ0n) is 16.1. The van der Waals surface area contributed by atoms with Gasteiger partial charge in [-0.15, -0.1) is 0 Å². The van der Waals surface area contributed by atoms with Gasteiger partial charge in [-0.1, -0.05) is 41.1 Å². The van der Waals surface area contributed by atoms with Gasteiger partial charge >= 0.3 is 5.97 Å². The molecule has 1 saturated heterocycles. The van der Waals surface area contributed by atoms with E-state index >= 15 is 0 Å². The van der Waals surface area contributed by atoms with Crippen molar-refractivity contribution < 1.29 is 14.4 Å². The van der Waals surface area contributed by atoms with Gasteiger partial charge in [0, 0.05) is 31.1 Å². The van der Waals surface area contributed by atoms with Crippen LogP contribution in [-0.2, 0) is 16.6 Å². The van der Waals surface area contributed by atoms with Crippen molar-refractivity contribution in [2.75, 3.05) is 31.2 Å². The third-order valence-electron chi connectivity index (χ3n) is 5.03. The molecule has 1 aliphatic heterocycles. The van der Waals surface area contributed by atoms with Gasteiger partial charge in [-0.25, -0.2) is 4.79 Å². The largest absolute Gasteiger partial charge is 0.378 e. The van der Waals surface area contributed by atoms with Crippen molar-refractivity contribution in [2.45, 2.75) is 6.92 Å². The number of anilines is 1. The van der Waals surface area contributed by atoms with Gasteiger partial charge in [0.15, 0.2) is 0 Å². The Morgan fingerprint density at radius 2 is 1.82 bits per heavy atom. The Morgan fingerprint density at radius 1 is 1.11 bits per heavy atom. The van der Waals surface area contributed by atoms with Crippen LogP contribution in [0.5, 0.6) is 0 Å². The number of ether oxygens (including phenoxy) is 1. The Balaban J connectivity index is 1.64. The van der Waals surface area contributed by atoms with E-state index in [1.165, 1.54) is 0 Å². The maximum absolute atomic E-state index is 12.2. The van der Waals surface area contributed by atoms with Crippen molar-refractivity contribution >= 4 is 28.9 Å². The molecule has 0 spiro atoms. The van der Waals surface area contributed by atoms with Crippen molar-refractivity contribution in [3.8, 4) is 0 Å². The lowest BCUT2D eigenvalue weighted by atomic mass is 10.1. The van der Waals surface area contributed by atoms with Crippen LogP contribution in [-0.4, -0.2) is 43.1 Å². The fraction of sp³-hybridized carbons (Fsp3) is 0.273. The second-order valence-electron chi connectivity index (χ2n) is 6.89. The number of morpholine rings is 1. The number of nitrogens with zero attached hydrogens (tertiary/aromatic N) is 3. The first-order valence-corrected chi connectivity index (χ1v) is 9.36. The number of benzene rings is 2. The molecule has 0 radical (unpaired) electrons. The van der Waals surface area contributed by atoms with Gasteiger partial charge < -0.3 is 19.0 Å². The van der Waals surface area contributed by atoms with Crippen LogP contribution in [0.15, 0.2) is 53.7 Å². The van der Waals surface area contributed by atoms with Gasteiger partial charge in [0.25, 0.3) is 0 Å². The summed E-state index contributed by atoms with van der Waals surface area (Å²) in [4.78, 5) is 19.7. The van der Waals surface area contributed by atoms with Gasteiger partial charge in [-0.2, -0.15) is 0 Å². The molecule has 28 heavy (non-hydrogen) atoms. The molecular formula is C22H23N3O3. The fourth-order valence-electron chi connectivity index (χ4n) is 3.56. The Kier molecular flexibility index (Phi) is 5.12. The minimum absolute atomic E-state index is 0.468. The minimum atomic E-state index is -0.468. The third kappa shape index (κ3) is 3.51. The van der Waals surface area contributed by atoms with E-state index in [9.17, 15) is 4.79 Å². The molecule has 6 nitrogen and oxygen atoms in total. The molecule has 0 saturated carbocycles. The first kappa shape index (κ1) is 18.3. The normalized spacial score (nSPS) is 14.7. The smallest absolute Gasteiger partial charge is 0.365 e. The zero-order valence-corrected chi connectivity index (χ0v) is 16.1. The lowest BCUT2D eigenvalue weighted by molar-refractivity contribution is 0.0519. The molecule has 0 bridgehead atoms. The number of fused-ring (bicyclic) bond motifs is 1. The summed E-state index contributed by atoms with van der Waals surface area (Å²) in [7, 11) is 2.04. The summed E-state index contributed by atoms with van der Waals surface area (Å²) < 4.78 is 7.65. The summed E-state index contributed by atoms with van der Waals surface area (Å²) in [5.74, 6) is 0.587. The standard InChI is InChI=1S/C22H23N3O3/c1-16-7-9-17(10-8-16)22(26)28-23-15-19-18-5-3-4-6-20(18)24(2)21(19)25-11-13-27-14-12-25/h3-10,15H,11-14H2,1-2H3/b23-15+. The monoisotopic (exact) mass is 377 g/mol. The second kappa shape index (κ2) is 7.86. The van der Waals surface area contributed by atoms with E-state index in [1.54, 1.807) is 18.3 Å². The zero-order chi connectivity index (χ0) is 19.5. The third-order valence-corrected chi connectivity index (χ3v) is 5.03. The quantitative estimate of drug-likeness (QED) is 0.397. The average Bonchev–Trinajstić information content (AvgIpc) is 3.01. The van der Waals surface area contributed by atoms with E-state index < -0.39 is 5.97 Å². The Labute approximate surface area is 164 Å². The predicted octanol–water partition coefficient (Wildman–Crippen LogP) is 3.51. The molecule has 6 heteroatoms. The Morgan fingerprint density at radius 3 is 2.57 bits per heavy atom. The number of hydrogen-bond acceptors (Lipinski definition) is 5. The van der Waals surface area contributed by atoms with Gasteiger partial charge in [0.1, 0.15) is 5.82 Å². The first-order chi connectivity index (χ1) is 13.6. The highest BCUT2D eigenvalue weighted by Gasteiger charge is 2.21. The summed E-state index contributed by atoms with van der Waals surface area (Å²) in [5, 5.41) is 5.08. The van der Waals surface area contributed by atoms with Crippen molar-refractivity contribution in [2.24, 2.45) is 12.2 Å². The predicted molar refractivity (Wildman–Crippen MR) is 110 cm³/mol. The number of oxime groups is 1. The molecule has 3 aromatic rings. The SMILES string of the molecule is Cc1ccc(C(=O)O/N=C/c2c(N3CCOCC3)n(C)c3ccccc23)cc1. The topological polar surface area (TPSA) is 56.1 Å². The molecule has 0 amide bonds.